The van der Waals surface area contributed by atoms with Gasteiger partial charge in [0, 0.05) is 41.8 Å². The first-order valence-corrected chi connectivity index (χ1v) is 14.7. The summed E-state index contributed by atoms with van der Waals surface area (Å²) in [5.41, 5.74) is 6.14. The van der Waals surface area contributed by atoms with Gasteiger partial charge in [0.1, 0.15) is 17.0 Å². The Labute approximate surface area is 236 Å². The van der Waals surface area contributed by atoms with E-state index in [1.54, 1.807) is 36.0 Å². The molecule has 5 heterocycles. The number of aromatic amines is 2. The summed E-state index contributed by atoms with van der Waals surface area (Å²) in [5, 5.41) is 16.1. The van der Waals surface area contributed by atoms with Crippen LogP contribution in [0.1, 0.15) is 50.7 Å². The van der Waals surface area contributed by atoms with Crippen LogP contribution in [0.3, 0.4) is 0 Å². The van der Waals surface area contributed by atoms with Crippen molar-refractivity contribution in [3.63, 3.8) is 0 Å². The zero-order chi connectivity index (χ0) is 27.5. The van der Waals surface area contributed by atoms with Crippen LogP contribution in [0.15, 0.2) is 53.8 Å². The number of hydrogen-bond acceptors (Lipinski definition) is 6. The lowest BCUT2D eigenvalue weighted by Crippen LogP contribution is -2.26. The fraction of sp³-hybridized carbons (Fsp3) is 0.290. The minimum atomic E-state index is -0.381. The van der Waals surface area contributed by atoms with Crippen molar-refractivity contribution in [2.45, 2.75) is 46.1 Å². The van der Waals surface area contributed by atoms with Gasteiger partial charge in [-0.1, -0.05) is 25.0 Å². The largest absolute Gasteiger partial charge is 0.335 e. The third-order valence-electron chi connectivity index (χ3n) is 7.62. The van der Waals surface area contributed by atoms with Gasteiger partial charge in [-0.05, 0) is 73.2 Å². The van der Waals surface area contributed by atoms with Gasteiger partial charge in [-0.25, -0.2) is 9.37 Å². The molecular weight excluding hydrogens is 521 g/mol. The van der Waals surface area contributed by atoms with Gasteiger partial charge in [0.25, 0.3) is 0 Å². The summed E-state index contributed by atoms with van der Waals surface area (Å²) in [6.07, 6.45) is 16.0. The smallest absolute Gasteiger partial charge is 0.159 e. The van der Waals surface area contributed by atoms with Crippen LogP contribution in [-0.2, 0) is 6.54 Å². The average Bonchev–Trinajstić information content (AvgIpc) is 3.79. The van der Waals surface area contributed by atoms with Crippen LogP contribution in [0, 0.1) is 5.92 Å². The van der Waals surface area contributed by atoms with Gasteiger partial charge >= 0.3 is 0 Å². The lowest BCUT2D eigenvalue weighted by atomic mass is 10.0. The van der Waals surface area contributed by atoms with E-state index >= 15 is 4.39 Å². The molecule has 3 N–H and O–H groups in total. The van der Waals surface area contributed by atoms with E-state index < -0.39 is 0 Å². The first-order chi connectivity index (χ1) is 19.7. The SMILES string of the molecule is C/C=C(/C(F)=c1/c(-c2nc3c(-c4ccsc4)cncc3[nH]2)n[nH]/c1=C/C)c1cncc(CNCC2CCCC2)c1. The van der Waals surface area contributed by atoms with Gasteiger partial charge in [-0.3, -0.25) is 15.1 Å². The number of H-pyrrole nitrogens is 2. The van der Waals surface area contributed by atoms with Crippen LogP contribution < -0.4 is 15.9 Å². The number of hydrogen-bond donors (Lipinski definition) is 3. The summed E-state index contributed by atoms with van der Waals surface area (Å²) in [5.74, 6) is 0.855. The standard InChI is InChI=1S/C31H32FN7S/c1-3-23(22-11-20(14-34-15-22)13-33-12-19-7-5-6-8-19)28(32)27-25(4-2)38-39-30(27)31-36-26-17-35-16-24(29(26)37-31)21-9-10-40-18-21/h3-4,9-11,14-19,33,38H,5-8,12-13H2,1-2H3,(H,36,37)/b23-3+,25-4+,28-27-. The van der Waals surface area contributed by atoms with E-state index in [2.05, 4.69) is 35.8 Å². The topological polar surface area (TPSA) is 95.2 Å². The Morgan fingerprint density at radius 2 is 2.00 bits per heavy atom. The summed E-state index contributed by atoms with van der Waals surface area (Å²) in [4.78, 5) is 17.0. The second-order valence-electron chi connectivity index (χ2n) is 10.2. The molecule has 7 nitrogen and oxygen atoms in total. The molecule has 5 aromatic rings. The molecule has 0 radical (unpaired) electrons. The fourth-order valence-electron chi connectivity index (χ4n) is 5.55. The number of halogens is 1. The molecule has 9 heteroatoms. The zero-order valence-corrected chi connectivity index (χ0v) is 23.5. The number of fused-ring (bicyclic) bond motifs is 1. The van der Waals surface area contributed by atoms with E-state index in [0.717, 1.165) is 45.7 Å². The molecule has 1 saturated carbocycles. The second-order valence-corrected chi connectivity index (χ2v) is 11.0. The van der Waals surface area contributed by atoms with Crippen LogP contribution in [0.4, 0.5) is 4.39 Å². The number of thiophene rings is 1. The van der Waals surface area contributed by atoms with E-state index in [9.17, 15) is 0 Å². The first kappa shape index (κ1) is 26.3. The van der Waals surface area contributed by atoms with Crippen molar-refractivity contribution in [1.29, 1.82) is 0 Å². The highest BCUT2D eigenvalue weighted by molar-refractivity contribution is 7.08. The minimum Gasteiger partial charge on any atom is -0.335 e. The van der Waals surface area contributed by atoms with Gasteiger partial charge in [-0.2, -0.15) is 16.4 Å². The van der Waals surface area contributed by atoms with Gasteiger partial charge < -0.3 is 10.3 Å². The van der Waals surface area contributed by atoms with Gasteiger partial charge in [0.2, 0.25) is 0 Å². The third-order valence-corrected chi connectivity index (χ3v) is 8.30. The van der Waals surface area contributed by atoms with Crippen molar-refractivity contribution in [3.05, 3.63) is 75.5 Å². The fourth-order valence-corrected chi connectivity index (χ4v) is 6.21. The van der Waals surface area contributed by atoms with Crippen molar-refractivity contribution < 1.29 is 4.39 Å². The Morgan fingerprint density at radius 3 is 2.77 bits per heavy atom. The van der Waals surface area contributed by atoms with Crippen molar-refractivity contribution >= 4 is 39.8 Å². The Hall–Kier alpha value is -3.95. The van der Waals surface area contributed by atoms with E-state index in [4.69, 9.17) is 4.98 Å². The predicted molar refractivity (Wildman–Crippen MR) is 160 cm³/mol. The average molecular weight is 554 g/mol. The maximum absolute atomic E-state index is 16.5. The van der Waals surface area contributed by atoms with E-state index in [-0.39, 0.29) is 5.83 Å². The second kappa shape index (κ2) is 11.7. The highest BCUT2D eigenvalue weighted by Gasteiger charge is 2.19. The molecule has 0 spiro atoms. The maximum atomic E-state index is 16.5. The third kappa shape index (κ3) is 5.14. The molecule has 0 aliphatic heterocycles. The molecule has 40 heavy (non-hydrogen) atoms. The molecule has 5 aromatic heterocycles. The first-order valence-electron chi connectivity index (χ1n) is 13.7. The van der Waals surface area contributed by atoms with Crippen LogP contribution in [0.2, 0.25) is 0 Å². The summed E-state index contributed by atoms with van der Waals surface area (Å²) in [6.45, 7) is 5.42. The quantitative estimate of drug-likeness (QED) is 0.228. The maximum Gasteiger partial charge on any atom is 0.159 e. The molecule has 0 unspecified atom stereocenters. The highest BCUT2D eigenvalue weighted by atomic mass is 32.1. The van der Waals surface area contributed by atoms with Crippen molar-refractivity contribution in [2.75, 3.05) is 6.54 Å². The number of nitrogens with zero attached hydrogens (tertiary/aromatic N) is 4. The van der Waals surface area contributed by atoms with Crippen LogP contribution >= 0.6 is 11.3 Å². The highest BCUT2D eigenvalue weighted by Crippen LogP contribution is 2.30. The van der Waals surface area contributed by atoms with Crippen LogP contribution in [-0.4, -0.2) is 36.7 Å². The molecular formula is C31H32FN7S. The number of nitrogens with one attached hydrogen (secondary N) is 3. The lowest BCUT2D eigenvalue weighted by molar-refractivity contribution is 0.489. The van der Waals surface area contributed by atoms with E-state index in [0.29, 0.717) is 34.2 Å². The summed E-state index contributed by atoms with van der Waals surface area (Å²) in [7, 11) is 0. The van der Waals surface area contributed by atoms with Gasteiger partial charge in [-0.15, -0.1) is 0 Å². The molecule has 204 valence electrons. The number of aromatic nitrogens is 6. The normalized spacial score (nSPS) is 15.9. The predicted octanol–water partition coefficient (Wildman–Crippen LogP) is 5.73. The molecule has 0 atom stereocenters. The Balaban J connectivity index is 1.38. The molecule has 0 aromatic carbocycles. The number of rotatable bonds is 8. The lowest BCUT2D eigenvalue weighted by Gasteiger charge is -2.11. The molecule has 0 bridgehead atoms. The minimum absolute atomic E-state index is 0.365. The Bertz CT molecular complexity index is 1780. The van der Waals surface area contributed by atoms with E-state index in [1.165, 1.54) is 25.7 Å². The van der Waals surface area contributed by atoms with Crippen molar-refractivity contribution in [1.82, 2.24) is 35.5 Å². The van der Waals surface area contributed by atoms with Crippen molar-refractivity contribution in [2.24, 2.45) is 5.92 Å². The van der Waals surface area contributed by atoms with Gasteiger partial charge in [0.15, 0.2) is 5.82 Å². The molecule has 6 rings (SSSR count). The Morgan fingerprint density at radius 1 is 1.15 bits per heavy atom. The zero-order valence-electron chi connectivity index (χ0n) is 22.7. The van der Waals surface area contributed by atoms with Crippen LogP contribution in [0.25, 0.3) is 51.2 Å². The number of allylic oxidation sites excluding steroid dienone is 2. The molecule has 0 amide bonds. The van der Waals surface area contributed by atoms with Gasteiger partial charge in [0.05, 0.1) is 22.3 Å². The summed E-state index contributed by atoms with van der Waals surface area (Å²) in [6, 6.07) is 4.05. The Kier molecular flexibility index (Phi) is 7.66. The summed E-state index contributed by atoms with van der Waals surface area (Å²) >= 11 is 1.62. The molecule has 1 fully saturated rings. The van der Waals surface area contributed by atoms with Crippen LogP contribution in [0.5, 0.6) is 0 Å². The van der Waals surface area contributed by atoms with Crippen molar-refractivity contribution in [3.8, 4) is 22.6 Å². The monoisotopic (exact) mass is 553 g/mol. The molecule has 0 saturated heterocycles. The summed E-state index contributed by atoms with van der Waals surface area (Å²) < 4.78 is 16.5. The molecule has 1 aliphatic carbocycles. The molecule has 1 aliphatic rings. The van der Waals surface area contributed by atoms with E-state index in [1.807, 2.05) is 43.6 Å². The number of pyridine rings is 2. The number of imidazole rings is 1.